The lowest BCUT2D eigenvalue weighted by Crippen LogP contribution is -2.21. The summed E-state index contributed by atoms with van der Waals surface area (Å²) in [5.74, 6) is 0. The van der Waals surface area contributed by atoms with Crippen molar-refractivity contribution in [3.8, 4) is 0 Å². The van der Waals surface area contributed by atoms with Crippen LogP contribution in [0.2, 0.25) is 0 Å². The number of imidazole rings is 1. The standard InChI is InChI=1S/C19H23N5O2/c1-23-12-22-19-17(18(23)20-10-9-14-5-3-2-4-6-14)21-13-24(19)16-8-7-15(11-25)26-16/h2-6,12-13,15-16,25H,7-11H2,1H3. The van der Waals surface area contributed by atoms with Gasteiger partial charge in [0.15, 0.2) is 16.7 Å². The van der Waals surface area contributed by atoms with Gasteiger partial charge in [0.2, 0.25) is 0 Å². The molecule has 1 aliphatic heterocycles. The van der Waals surface area contributed by atoms with Crippen LogP contribution >= 0.6 is 0 Å². The van der Waals surface area contributed by atoms with Crippen molar-refractivity contribution in [2.45, 2.75) is 31.6 Å². The SMILES string of the molecule is Cn1cnc2c(ncn2C2CCC(CO)O2)c1=NCCc1ccccc1. The Morgan fingerprint density at radius 1 is 1.19 bits per heavy atom. The molecule has 2 atom stereocenters. The minimum atomic E-state index is -0.130. The fourth-order valence-electron chi connectivity index (χ4n) is 3.36. The Bertz CT molecular complexity index is 947. The van der Waals surface area contributed by atoms with Gasteiger partial charge in [-0.2, -0.15) is 0 Å². The highest BCUT2D eigenvalue weighted by Crippen LogP contribution is 2.29. The molecule has 3 heterocycles. The van der Waals surface area contributed by atoms with Crippen LogP contribution in [0.4, 0.5) is 0 Å². The van der Waals surface area contributed by atoms with Gasteiger partial charge in [-0.3, -0.25) is 9.56 Å². The largest absolute Gasteiger partial charge is 0.394 e. The molecule has 1 aromatic carbocycles. The molecule has 0 aliphatic carbocycles. The number of aliphatic hydroxyl groups is 1. The number of aliphatic hydroxyl groups excluding tert-OH is 1. The van der Waals surface area contributed by atoms with Crippen molar-refractivity contribution in [1.29, 1.82) is 0 Å². The number of fused-ring (bicyclic) bond motifs is 1. The van der Waals surface area contributed by atoms with Crippen molar-refractivity contribution in [2.24, 2.45) is 12.0 Å². The first-order valence-electron chi connectivity index (χ1n) is 8.95. The maximum Gasteiger partial charge on any atom is 0.167 e. The van der Waals surface area contributed by atoms with E-state index >= 15 is 0 Å². The van der Waals surface area contributed by atoms with E-state index in [2.05, 4.69) is 22.1 Å². The zero-order valence-corrected chi connectivity index (χ0v) is 14.8. The maximum absolute atomic E-state index is 9.28. The molecule has 7 nitrogen and oxygen atoms in total. The minimum absolute atomic E-state index is 0.0472. The van der Waals surface area contributed by atoms with Crippen molar-refractivity contribution < 1.29 is 9.84 Å². The van der Waals surface area contributed by atoms with E-state index in [0.29, 0.717) is 6.54 Å². The average Bonchev–Trinajstić information content (AvgIpc) is 3.31. The fraction of sp³-hybridized carbons (Fsp3) is 0.421. The van der Waals surface area contributed by atoms with Gasteiger partial charge in [0, 0.05) is 13.6 Å². The summed E-state index contributed by atoms with van der Waals surface area (Å²) in [6.45, 7) is 0.738. The van der Waals surface area contributed by atoms with E-state index in [9.17, 15) is 5.11 Å². The van der Waals surface area contributed by atoms with Crippen molar-refractivity contribution in [3.63, 3.8) is 0 Å². The normalized spacial score (nSPS) is 20.9. The van der Waals surface area contributed by atoms with Gasteiger partial charge in [-0.1, -0.05) is 30.3 Å². The highest BCUT2D eigenvalue weighted by Gasteiger charge is 2.27. The Labute approximate surface area is 151 Å². The van der Waals surface area contributed by atoms with E-state index in [-0.39, 0.29) is 18.9 Å². The summed E-state index contributed by atoms with van der Waals surface area (Å²) in [4.78, 5) is 13.8. The molecule has 1 aliphatic rings. The number of benzene rings is 1. The molecule has 0 spiro atoms. The van der Waals surface area contributed by atoms with Crippen LogP contribution in [0, 0.1) is 0 Å². The molecule has 0 radical (unpaired) electrons. The quantitative estimate of drug-likeness (QED) is 0.755. The van der Waals surface area contributed by atoms with Gasteiger partial charge >= 0.3 is 0 Å². The van der Waals surface area contributed by atoms with Crippen molar-refractivity contribution in [2.75, 3.05) is 13.2 Å². The van der Waals surface area contributed by atoms with Crippen molar-refractivity contribution >= 4 is 11.2 Å². The Hall–Kier alpha value is -2.51. The molecule has 0 saturated carbocycles. The molecule has 26 heavy (non-hydrogen) atoms. The molecule has 7 heteroatoms. The van der Waals surface area contributed by atoms with Crippen molar-refractivity contribution in [1.82, 2.24) is 19.1 Å². The second-order valence-corrected chi connectivity index (χ2v) is 6.59. The molecule has 1 N–H and O–H groups in total. The summed E-state index contributed by atoms with van der Waals surface area (Å²) in [5, 5.41) is 9.28. The average molecular weight is 353 g/mol. The first kappa shape index (κ1) is 16.9. The van der Waals surface area contributed by atoms with E-state index in [1.807, 2.05) is 34.4 Å². The third kappa shape index (κ3) is 3.27. The van der Waals surface area contributed by atoms with Crippen molar-refractivity contribution in [3.05, 3.63) is 54.0 Å². The summed E-state index contributed by atoms with van der Waals surface area (Å²) < 4.78 is 9.71. The lowest BCUT2D eigenvalue weighted by molar-refractivity contribution is -0.0207. The number of ether oxygens (including phenoxy) is 1. The molecule has 136 valence electrons. The zero-order valence-electron chi connectivity index (χ0n) is 14.8. The van der Waals surface area contributed by atoms with Crippen LogP contribution in [0.3, 0.4) is 0 Å². The van der Waals surface area contributed by atoms with E-state index in [1.54, 1.807) is 12.7 Å². The van der Waals surface area contributed by atoms with Crippen LogP contribution in [0.1, 0.15) is 24.6 Å². The Morgan fingerprint density at radius 2 is 2.04 bits per heavy atom. The minimum Gasteiger partial charge on any atom is -0.394 e. The maximum atomic E-state index is 9.28. The number of hydrogen-bond donors (Lipinski definition) is 1. The molecule has 1 fully saturated rings. The Balaban J connectivity index is 1.63. The van der Waals surface area contributed by atoms with Crippen LogP contribution in [-0.4, -0.2) is 43.5 Å². The molecule has 1 saturated heterocycles. The van der Waals surface area contributed by atoms with E-state index in [4.69, 9.17) is 9.73 Å². The third-order valence-electron chi connectivity index (χ3n) is 4.77. The monoisotopic (exact) mass is 353 g/mol. The molecular formula is C19H23N5O2. The van der Waals surface area contributed by atoms with Gasteiger partial charge in [-0.25, -0.2) is 9.97 Å². The smallest absolute Gasteiger partial charge is 0.167 e. The van der Waals surface area contributed by atoms with Gasteiger partial charge in [0.05, 0.1) is 25.4 Å². The second kappa shape index (κ2) is 7.39. The first-order chi connectivity index (χ1) is 12.8. The van der Waals surface area contributed by atoms with Crippen LogP contribution in [0.25, 0.3) is 11.2 Å². The topological polar surface area (TPSA) is 77.5 Å². The highest BCUT2D eigenvalue weighted by molar-refractivity contribution is 5.68. The fourth-order valence-corrected chi connectivity index (χ4v) is 3.36. The summed E-state index contributed by atoms with van der Waals surface area (Å²) in [7, 11) is 1.93. The van der Waals surface area contributed by atoms with Crippen LogP contribution in [-0.2, 0) is 18.2 Å². The van der Waals surface area contributed by atoms with Gasteiger partial charge < -0.3 is 14.4 Å². The summed E-state index contributed by atoms with van der Waals surface area (Å²) >= 11 is 0. The lowest BCUT2D eigenvalue weighted by atomic mass is 10.2. The van der Waals surface area contributed by atoms with Crippen LogP contribution in [0.5, 0.6) is 0 Å². The van der Waals surface area contributed by atoms with Gasteiger partial charge in [-0.05, 0) is 24.8 Å². The van der Waals surface area contributed by atoms with E-state index < -0.39 is 0 Å². The van der Waals surface area contributed by atoms with Gasteiger partial charge in [0.1, 0.15) is 6.23 Å². The highest BCUT2D eigenvalue weighted by atomic mass is 16.5. The Kier molecular flexibility index (Phi) is 4.81. The zero-order chi connectivity index (χ0) is 17.9. The predicted octanol–water partition coefficient (Wildman–Crippen LogP) is 1.58. The Morgan fingerprint density at radius 3 is 2.81 bits per heavy atom. The molecule has 4 rings (SSSR count). The number of hydrogen-bond acceptors (Lipinski definition) is 5. The summed E-state index contributed by atoms with van der Waals surface area (Å²) in [6.07, 6.45) is 5.87. The number of aryl methyl sites for hydroxylation is 1. The second-order valence-electron chi connectivity index (χ2n) is 6.59. The van der Waals surface area contributed by atoms with Crippen LogP contribution < -0.4 is 5.49 Å². The third-order valence-corrected chi connectivity index (χ3v) is 4.77. The van der Waals surface area contributed by atoms with E-state index in [0.717, 1.165) is 35.9 Å². The summed E-state index contributed by atoms with van der Waals surface area (Å²) in [5.41, 5.74) is 3.63. The van der Waals surface area contributed by atoms with E-state index in [1.165, 1.54) is 5.56 Å². The molecule has 3 aromatic rings. The summed E-state index contributed by atoms with van der Waals surface area (Å²) in [6, 6.07) is 10.3. The van der Waals surface area contributed by atoms with Gasteiger partial charge in [0.25, 0.3) is 0 Å². The van der Waals surface area contributed by atoms with Gasteiger partial charge in [-0.15, -0.1) is 0 Å². The number of rotatable bonds is 5. The number of nitrogens with zero attached hydrogens (tertiary/aromatic N) is 5. The molecule has 2 unspecified atom stereocenters. The van der Waals surface area contributed by atoms with Crippen LogP contribution in [0.15, 0.2) is 48.0 Å². The molecule has 0 amide bonds. The molecular weight excluding hydrogens is 330 g/mol. The predicted molar refractivity (Wildman–Crippen MR) is 97.3 cm³/mol. The molecule has 0 bridgehead atoms. The first-order valence-corrected chi connectivity index (χ1v) is 8.95. The number of aromatic nitrogens is 4. The lowest BCUT2D eigenvalue weighted by Gasteiger charge is -2.14. The molecule has 2 aromatic heterocycles.